The molecule has 0 radical (unpaired) electrons. The van der Waals surface area contributed by atoms with Crippen molar-refractivity contribution in [3.05, 3.63) is 24.2 Å². The first-order chi connectivity index (χ1) is 8.58. The third-order valence-corrected chi connectivity index (χ3v) is 4.08. The molecule has 1 fully saturated rings. The minimum absolute atomic E-state index is 0.0789. The molecular formula is C15H23NO2. The second kappa shape index (κ2) is 5.59. The first-order valence-corrected chi connectivity index (χ1v) is 6.92. The van der Waals surface area contributed by atoms with E-state index in [4.69, 9.17) is 4.42 Å². The number of carbonyl (C=O) groups is 1. The molecule has 1 aliphatic rings. The zero-order valence-electron chi connectivity index (χ0n) is 11.5. The van der Waals surface area contributed by atoms with Crippen molar-refractivity contribution in [3.8, 4) is 0 Å². The van der Waals surface area contributed by atoms with Gasteiger partial charge in [-0.3, -0.25) is 4.79 Å². The van der Waals surface area contributed by atoms with Gasteiger partial charge < -0.3 is 9.73 Å². The molecule has 0 bridgehead atoms. The van der Waals surface area contributed by atoms with Crippen LogP contribution in [0.5, 0.6) is 0 Å². The maximum absolute atomic E-state index is 12.0. The summed E-state index contributed by atoms with van der Waals surface area (Å²) in [6, 6.07) is 3.75. The van der Waals surface area contributed by atoms with E-state index in [0.717, 1.165) is 6.42 Å². The molecule has 1 aromatic heterocycles. The molecule has 18 heavy (non-hydrogen) atoms. The van der Waals surface area contributed by atoms with E-state index in [9.17, 15) is 4.79 Å². The van der Waals surface area contributed by atoms with E-state index in [1.807, 2.05) is 0 Å². The van der Waals surface area contributed by atoms with Gasteiger partial charge in [-0.25, -0.2) is 0 Å². The van der Waals surface area contributed by atoms with Gasteiger partial charge >= 0.3 is 0 Å². The van der Waals surface area contributed by atoms with Gasteiger partial charge in [0, 0.05) is 6.04 Å². The second-order valence-corrected chi connectivity index (χ2v) is 5.88. The second-order valence-electron chi connectivity index (χ2n) is 5.88. The van der Waals surface area contributed by atoms with E-state index in [-0.39, 0.29) is 11.9 Å². The van der Waals surface area contributed by atoms with Crippen LogP contribution in [0.15, 0.2) is 22.8 Å². The van der Waals surface area contributed by atoms with Crippen molar-refractivity contribution in [2.45, 2.75) is 46.1 Å². The summed E-state index contributed by atoms with van der Waals surface area (Å²) in [6.45, 7) is 6.75. The number of hydrogen-bond donors (Lipinski definition) is 1. The molecule has 0 aliphatic heterocycles. The highest BCUT2D eigenvalue weighted by molar-refractivity contribution is 5.91. The predicted octanol–water partition coefficient (Wildman–Crippen LogP) is 3.47. The van der Waals surface area contributed by atoms with Crippen LogP contribution < -0.4 is 5.32 Å². The molecule has 0 aromatic carbocycles. The quantitative estimate of drug-likeness (QED) is 0.891. The number of carbonyl (C=O) groups excluding carboxylic acids is 1. The topological polar surface area (TPSA) is 42.2 Å². The highest BCUT2D eigenvalue weighted by atomic mass is 16.3. The van der Waals surface area contributed by atoms with Crippen LogP contribution in [0.25, 0.3) is 0 Å². The summed E-state index contributed by atoms with van der Waals surface area (Å²) in [5.74, 6) is 2.22. The number of amides is 1. The average Bonchev–Trinajstić information content (AvgIpc) is 2.81. The van der Waals surface area contributed by atoms with Gasteiger partial charge in [0.25, 0.3) is 5.91 Å². The van der Waals surface area contributed by atoms with Gasteiger partial charge in [-0.1, -0.05) is 27.2 Å². The molecule has 0 spiro atoms. The van der Waals surface area contributed by atoms with Gasteiger partial charge in [-0.15, -0.1) is 0 Å². The normalized spacial score (nSPS) is 28.3. The van der Waals surface area contributed by atoms with E-state index in [0.29, 0.717) is 23.5 Å². The minimum atomic E-state index is -0.0789. The molecule has 1 heterocycles. The summed E-state index contributed by atoms with van der Waals surface area (Å²) < 4.78 is 5.15. The first kappa shape index (κ1) is 13.2. The summed E-state index contributed by atoms with van der Waals surface area (Å²) >= 11 is 0. The van der Waals surface area contributed by atoms with E-state index in [1.165, 1.54) is 12.8 Å². The lowest BCUT2D eigenvalue weighted by Gasteiger charge is -2.37. The van der Waals surface area contributed by atoms with Crippen molar-refractivity contribution in [2.75, 3.05) is 0 Å². The van der Waals surface area contributed by atoms with Gasteiger partial charge in [0.05, 0.1) is 6.26 Å². The van der Waals surface area contributed by atoms with Crippen LogP contribution >= 0.6 is 0 Å². The Labute approximate surface area is 109 Å². The number of rotatable bonds is 3. The van der Waals surface area contributed by atoms with Crippen molar-refractivity contribution in [3.63, 3.8) is 0 Å². The van der Waals surface area contributed by atoms with Gasteiger partial charge in [-0.05, 0) is 42.7 Å². The lowest BCUT2D eigenvalue weighted by Crippen LogP contribution is -2.45. The third-order valence-electron chi connectivity index (χ3n) is 4.08. The Morgan fingerprint density at radius 2 is 2.22 bits per heavy atom. The van der Waals surface area contributed by atoms with Crippen LogP contribution in [0, 0.1) is 17.8 Å². The van der Waals surface area contributed by atoms with Crippen LogP contribution in [0.3, 0.4) is 0 Å². The Balaban J connectivity index is 2.02. The summed E-state index contributed by atoms with van der Waals surface area (Å²) in [7, 11) is 0. The largest absolute Gasteiger partial charge is 0.459 e. The molecule has 0 unspecified atom stereocenters. The van der Waals surface area contributed by atoms with Crippen LogP contribution in [0.4, 0.5) is 0 Å². The fraction of sp³-hybridized carbons (Fsp3) is 0.667. The molecular weight excluding hydrogens is 226 g/mol. The van der Waals surface area contributed by atoms with Crippen LogP contribution in [-0.2, 0) is 0 Å². The van der Waals surface area contributed by atoms with Gasteiger partial charge in [0.2, 0.25) is 0 Å². The van der Waals surface area contributed by atoms with E-state index >= 15 is 0 Å². The van der Waals surface area contributed by atoms with Crippen molar-refractivity contribution in [1.82, 2.24) is 5.32 Å². The Bertz CT molecular complexity index is 383. The Morgan fingerprint density at radius 3 is 2.83 bits per heavy atom. The van der Waals surface area contributed by atoms with Crippen molar-refractivity contribution < 1.29 is 9.21 Å². The highest BCUT2D eigenvalue weighted by Gasteiger charge is 2.32. The number of furan rings is 1. The van der Waals surface area contributed by atoms with E-state index in [2.05, 4.69) is 26.1 Å². The number of nitrogens with one attached hydrogen (secondary N) is 1. The molecule has 1 aliphatic carbocycles. The summed E-state index contributed by atoms with van der Waals surface area (Å²) in [6.07, 6.45) is 5.10. The SMILES string of the molecule is CC(C)[C@@H]1CC[C@@H](C)C[C@@H]1NC(=O)c1ccco1. The fourth-order valence-corrected chi connectivity index (χ4v) is 3.02. The molecule has 1 N–H and O–H groups in total. The lowest BCUT2D eigenvalue weighted by atomic mass is 9.74. The predicted molar refractivity (Wildman–Crippen MR) is 71.3 cm³/mol. The smallest absolute Gasteiger partial charge is 0.287 e. The molecule has 1 amide bonds. The van der Waals surface area contributed by atoms with Crippen molar-refractivity contribution in [2.24, 2.45) is 17.8 Å². The van der Waals surface area contributed by atoms with Crippen LogP contribution in [0.2, 0.25) is 0 Å². The first-order valence-electron chi connectivity index (χ1n) is 6.92. The maximum Gasteiger partial charge on any atom is 0.287 e. The van der Waals surface area contributed by atoms with Gasteiger partial charge in [-0.2, -0.15) is 0 Å². The third kappa shape index (κ3) is 2.95. The Morgan fingerprint density at radius 1 is 1.44 bits per heavy atom. The maximum atomic E-state index is 12.0. The summed E-state index contributed by atoms with van der Waals surface area (Å²) in [5, 5.41) is 3.15. The average molecular weight is 249 g/mol. The van der Waals surface area contributed by atoms with Crippen molar-refractivity contribution >= 4 is 5.91 Å². The minimum Gasteiger partial charge on any atom is -0.459 e. The molecule has 3 heteroatoms. The van der Waals surface area contributed by atoms with Crippen LogP contribution in [-0.4, -0.2) is 11.9 Å². The fourth-order valence-electron chi connectivity index (χ4n) is 3.02. The Kier molecular flexibility index (Phi) is 4.10. The molecule has 0 saturated heterocycles. The zero-order valence-corrected chi connectivity index (χ0v) is 11.5. The van der Waals surface area contributed by atoms with Crippen LogP contribution in [0.1, 0.15) is 50.6 Å². The molecule has 3 atom stereocenters. The highest BCUT2D eigenvalue weighted by Crippen LogP contribution is 2.33. The van der Waals surface area contributed by atoms with Gasteiger partial charge in [0.15, 0.2) is 5.76 Å². The van der Waals surface area contributed by atoms with E-state index < -0.39 is 0 Å². The standard InChI is InChI=1S/C15H23NO2/c1-10(2)12-7-6-11(3)9-13(12)16-15(17)14-5-4-8-18-14/h4-5,8,10-13H,6-7,9H2,1-3H3,(H,16,17)/t11-,12+,13+/m1/s1. The monoisotopic (exact) mass is 249 g/mol. The molecule has 3 nitrogen and oxygen atoms in total. The zero-order chi connectivity index (χ0) is 13.1. The molecule has 2 rings (SSSR count). The summed E-state index contributed by atoms with van der Waals surface area (Å²) in [5.41, 5.74) is 0. The molecule has 100 valence electrons. The number of hydrogen-bond acceptors (Lipinski definition) is 2. The van der Waals surface area contributed by atoms with Crippen molar-refractivity contribution in [1.29, 1.82) is 0 Å². The lowest BCUT2D eigenvalue weighted by molar-refractivity contribution is 0.0840. The summed E-state index contributed by atoms with van der Waals surface area (Å²) in [4.78, 5) is 12.0. The Hall–Kier alpha value is -1.25. The molecule has 1 aromatic rings. The molecule has 1 saturated carbocycles. The van der Waals surface area contributed by atoms with Gasteiger partial charge in [0.1, 0.15) is 0 Å². The van der Waals surface area contributed by atoms with E-state index in [1.54, 1.807) is 18.4 Å².